The Hall–Kier alpha value is -2.27. The van der Waals surface area contributed by atoms with Gasteiger partial charge in [-0.2, -0.15) is 0 Å². The van der Waals surface area contributed by atoms with Gasteiger partial charge >= 0.3 is 0 Å². The van der Waals surface area contributed by atoms with Crippen molar-refractivity contribution in [2.24, 2.45) is 7.05 Å². The second-order valence-electron chi connectivity index (χ2n) is 5.97. The summed E-state index contributed by atoms with van der Waals surface area (Å²) >= 11 is 0. The Bertz CT molecular complexity index is 989. The highest BCUT2D eigenvalue weighted by Crippen LogP contribution is 2.31. The van der Waals surface area contributed by atoms with E-state index >= 15 is 0 Å². The number of hydrogen-bond donors (Lipinski definition) is 3. The Balaban J connectivity index is 1.97. The number of imidazole rings is 2. The molecule has 0 amide bonds. The average molecular weight is 335 g/mol. The number of aryl methyl sites for hydroxylation is 2. The quantitative estimate of drug-likeness (QED) is 0.509. The third kappa shape index (κ3) is 1.88. The maximum atomic E-state index is 12.6. The molecule has 1 aliphatic rings. The van der Waals surface area contributed by atoms with Gasteiger partial charge in [-0.15, -0.1) is 0 Å². The average Bonchev–Trinajstić information content (AvgIpc) is 3.23. The van der Waals surface area contributed by atoms with Crippen LogP contribution in [0.15, 0.2) is 17.3 Å². The van der Waals surface area contributed by atoms with Crippen LogP contribution >= 0.6 is 0 Å². The second-order valence-corrected chi connectivity index (χ2v) is 5.97. The number of ether oxygens (including phenoxy) is 1. The molecule has 0 saturated carbocycles. The molecule has 0 spiro atoms. The molecular formula is C14H17N5O5. The summed E-state index contributed by atoms with van der Waals surface area (Å²) in [5.41, 5.74) is 0.965. The van der Waals surface area contributed by atoms with Gasteiger partial charge in [-0.3, -0.25) is 13.9 Å². The van der Waals surface area contributed by atoms with Crippen molar-refractivity contribution in [3.63, 3.8) is 0 Å². The third-order valence-corrected chi connectivity index (χ3v) is 4.41. The van der Waals surface area contributed by atoms with E-state index in [1.807, 2.05) is 0 Å². The van der Waals surface area contributed by atoms with E-state index in [0.717, 1.165) is 0 Å². The van der Waals surface area contributed by atoms with E-state index in [0.29, 0.717) is 17.1 Å². The third-order valence-electron chi connectivity index (χ3n) is 4.41. The SMILES string of the molecule is Cc1cn2c(=O)c3ncn([C@@H]4O[C@H](CO)C(O)[C@@H]4O)c3n(C)c2n1. The summed E-state index contributed by atoms with van der Waals surface area (Å²) in [6.07, 6.45) is -1.36. The number of aromatic nitrogens is 5. The summed E-state index contributed by atoms with van der Waals surface area (Å²) in [6.45, 7) is 1.36. The Morgan fingerprint density at radius 3 is 2.75 bits per heavy atom. The van der Waals surface area contributed by atoms with Crippen LogP contribution in [0.25, 0.3) is 16.9 Å². The van der Waals surface area contributed by atoms with Crippen molar-refractivity contribution in [1.82, 2.24) is 23.5 Å². The van der Waals surface area contributed by atoms with Gasteiger partial charge < -0.3 is 20.1 Å². The van der Waals surface area contributed by atoms with Crippen LogP contribution in [-0.2, 0) is 11.8 Å². The zero-order chi connectivity index (χ0) is 17.2. The van der Waals surface area contributed by atoms with Crippen LogP contribution in [0.3, 0.4) is 0 Å². The van der Waals surface area contributed by atoms with Gasteiger partial charge in [0.2, 0.25) is 5.78 Å². The molecule has 4 atom stereocenters. The van der Waals surface area contributed by atoms with Gasteiger partial charge in [-0.05, 0) is 6.92 Å². The van der Waals surface area contributed by atoms with E-state index in [4.69, 9.17) is 4.74 Å². The normalized spacial score (nSPS) is 27.5. The molecule has 0 bridgehead atoms. The summed E-state index contributed by atoms with van der Waals surface area (Å²) in [4.78, 5) is 21.1. The monoisotopic (exact) mass is 335 g/mol. The standard InChI is InChI=1S/C14H17N5O5/c1-6-3-18-12(23)8-11(17(2)14(18)16-6)19(5-15-8)13-10(22)9(21)7(4-20)24-13/h3,5,7,9-10,13,20-22H,4H2,1-2H3/t7-,9?,10+,13-/m1/s1. The molecule has 128 valence electrons. The number of aliphatic hydroxyl groups is 3. The zero-order valence-electron chi connectivity index (χ0n) is 13.1. The Morgan fingerprint density at radius 2 is 2.08 bits per heavy atom. The molecule has 1 saturated heterocycles. The van der Waals surface area contributed by atoms with Gasteiger partial charge in [0.15, 0.2) is 17.4 Å². The Labute approximate surface area is 135 Å². The topological polar surface area (TPSA) is 127 Å². The molecule has 3 aromatic rings. The fraction of sp³-hybridized carbons (Fsp3) is 0.500. The lowest BCUT2D eigenvalue weighted by Gasteiger charge is -2.18. The van der Waals surface area contributed by atoms with E-state index in [-0.39, 0.29) is 11.1 Å². The lowest BCUT2D eigenvalue weighted by Crippen LogP contribution is -2.33. The van der Waals surface area contributed by atoms with Crippen molar-refractivity contribution >= 4 is 16.9 Å². The molecule has 1 fully saturated rings. The molecule has 1 unspecified atom stereocenters. The van der Waals surface area contributed by atoms with E-state index in [1.165, 1.54) is 15.3 Å². The van der Waals surface area contributed by atoms with Crippen LogP contribution in [0.2, 0.25) is 0 Å². The van der Waals surface area contributed by atoms with Gasteiger partial charge in [0.1, 0.15) is 18.3 Å². The number of rotatable bonds is 2. The summed E-state index contributed by atoms with van der Waals surface area (Å²) < 4.78 is 10.1. The first-order valence-electron chi connectivity index (χ1n) is 7.47. The molecule has 4 rings (SSSR count). The summed E-state index contributed by atoms with van der Waals surface area (Å²) in [5, 5.41) is 29.4. The highest BCUT2D eigenvalue weighted by atomic mass is 16.6. The molecule has 24 heavy (non-hydrogen) atoms. The van der Waals surface area contributed by atoms with Gasteiger partial charge in [0, 0.05) is 13.2 Å². The maximum Gasteiger partial charge on any atom is 0.287 e. The molecule has 4 heterocycles. The summed E-state index contributed by atoms with van der Waals surface area (Å²) in [5.74, 6) is 0.429. The van der Waals surface area contributed by atoms with Crippen molar-refractivity contribution in [3.8, 4) is 0 Å². The van der Waals surface area contributed by atoms with Crippen LogP contribution in [0.4, 0.5) is 0 Å². The number of nitrogens with zero attached hydrogens (tertiary/aromatic N) is 5. The molecule has 0 aliphatic carbocycles. The molecule has 0 aromatic carbocycles. The van der Waals surface area contributed by atoms with Crippen LogP contribution in [0.5, 0.6) is 0 Å². The van der Waals surface area contributed by atoms with Crippen molar-refractivity contribution in [2.75, 3.05) is 6.61 Å². The Kier molecular flexibility index (Phi) is 3.25. The molecule has 0 radical (unpaired) electrons. The fourth-order valence-corrected chi connectivity index (χ4v) is 3.21. The van der Waals surface area contributed by atoms with Gasteiger partial charge in [0.25, 0.3) is 5.56 Å². The van der Waals surface area contributed by atoms with E-state index in [9.17, 15) is 20.1 Å². The number of aliphatic hydroxyl groups excluding tert-OH is 3. The molecule has 10 heteroatoms. The maximum absolute atomic E-state index is 12.6. The predicted molar refractivity (Wildman–Crippen MR) is 81.5 cm³/mol. The zero-order valence-corrected chi connectivity index (χ0v) is 13.1. The van der Waals surface area contributed by atoms with Crippen LogP contribution in [0, 0.1) is 6.92 Å². The molecule has 10 nitrogen and oxygen atoms in total. The minimum atomic E-state index is -1.26. The second kappa shape index (κ2) is 5.11. The van der Waals surface area contributed by atoms with Crippen molar-refractivity contribution in [2.45, 2.75) is 31.5 Å². The number of fused-ring (bicyclic) bond motifs is 2. The molecule has 1 aliphatic heterocycles. The number of hydrogen-bond acceptors (Lipinski definition) is 7. The van der Waals surface area contributed by atoms with Crippen LogP contribution in [0.1, 0.15) is 11.9 Å². The fourth-order valence-electron chi connectivity index (χ4n) is 3.21. The van der Waals surface area contributed by atoms with E-state index in [2.05, 4.69) is 9.97 Å². The van der Waals surface area contributed by atoms with Gasteiger partial charge in [-0.1, -0.05) is 0 Å². The predicted octanol–water partition coefficient (Wildman–Crippen LogP) is -1.70. The first kappa shape index (κ1) is 15.3. The molecule has 3 aromatic heterocycles. The Morgan fingerprint density at radius 1 is 1.33 bits per heavy atom. The van der Waals surface area contributed by atoms with E-state index < -0.39 is 31.1 Å². The molecular weight excluding hydrogens is 318 g/mol. The van der Waals surface area contributed by atoms with Crippen molar-refractivity contribution < 1.29 is 20.1 Å². The highest BCUT2D eigenvalue weighted by Gasteiger charge is 2.44. The lowest BCUT2D eigenvalue weighted by atomic mass is 10.1. The molecule has 3 N–H and O–H groups in total. The van der Waals surface area contributed by atoms with Crippen molar-refractivity contribution in [1.29, 1.82) is 0 Å². The van der Waals surface area contributed by atoms with Crippen LogP contribution in [-0.4, -0.2) is 63.7 Å². The largest absolute Gasteiger partial charge is 0.394 e. The van der Waals surface area contributed by atoms with E-state index in [1.54, 1.807) is 24.7 Å². The van der Waals surface area contributed by atoms with Crippen LogP contribution < -0.4 is 5.56 Å². The van der Waals surface area contributed by atoms with Gasteiger partial charge in [-0.25, -0.2) is 14.4 Å². The first-order chi connectivity index (χ1) is 11.4. The smallest absolute Gasteiger partial charge is 0.287 e. The van der Waals surface area contributed by atoms with Crippen molar-refractivity contribution in [3.05, 3.63) is 28.6 Å². The minimum absolute atomic E-state index is 0.195. The summed E-state index contributed by atoms with van der Waals surface area (Å²) in [7, 11) is 1.73. The summed E-state index contributed by atoms with van der Waals surface area (Å²) in [6, 6.07) is 0. The lowest BCUT2D eigenvalue weighted by molar-refractivity contribution is -0.0512. The first-order valence-corrected chi connectivity index (χ1v) is 7.47. The van der Waals surface area contributed by atoms with Gasteiger partial charge in [0.05, 0.1) is 18.6 Å². The minimum Gasteiger partial charge on any atom is -0.394 e. The highest BCUT2D eigenvalue weighted by molar-refractivity contribution is 5.73.